The summed E-state index contributed by atoms with van der Waals surface area (Å²) in [5, 5.41) is 12.1. The predicted molar refractivity (Wildman–Crippen MR) is 79.1 cm³/mol. The van der Waals surface area contributed by atoms with Gasteiger partial charge in [-0.3, -0.25) is 0 Å². The van der Waals surface area contributed by atoms with E-state index in [9.17, 15) is 5.11 Å². The Morgan fingerprint density at radius 1 is 1.05 bits per heavy atom. The summed E-state index contributed by atoms with van der Waals surface area (Å²) in [6.07, 6.45) is -0.0358. The van der Waals surface area contributed by atoms with E-state index < -0.39 is 6.10 Å². The van der Waals surface area contributed by atoms with E-state index >= 15 is 0 Å². The lowest BCUT2D eigenvalue weighted by atomic mass is 10.1. The van der Waals surface area contributed by atoms with Crippen LogP contribution in [0.3, 0.4) is 0 Å². The first-order valence-corrected chi connectivity index (χ1v) is 7.07. The van der Waals surface area contributed by atoms with Crippen LogP contribution in [0.15, 0.2) is 29.6 Å². The van der Waals surface area contributed by atoms with Gasteiger partial charge >= 0.3 is 0 Å². The van der Waals surface area contributed by atoms with Crippen LogP contribution in [0.25, 0.3) is 0 Å². The Labute approximate surface area is 122 Å². The van der Waals surface area contributed by atoms with Crippen LogP contribution in [0.1, 0.15) is 16.5 Å². The molecule has 2 aromatic rings. The van der Waals surface area contributed by atoms with Crippen molar-refractivity contribution in [1.29, 1.82) is 0 Å². The topological polar surface area (TPSA) is 47.9 Å². The summed E-state index contributed by atoms with van der Waals surface area (Å²) in [6, 6.07) is 7.51. The number of hydrogen-bond donors (Lipinski definition) is 1. The second-order valence-electron chi connectivity index (χ2n) is 4.30. The Kier molecular flexibility index (Phi) is 4.87. The molecule has 0 aliphatic carbocycles. The minimum Gasteiger partial charge on any atom is -0.496 e. The van der Waals surface area contributed by atoms with E-state index in [1.54, 1.807) is 21.3 Å². The zero-order valence-corrected chi connectivity index (χ0v) is 12.6. The van der Waals surface area contributed by atoms with Crippen molar-refractivity contribution in [2.75, 3.05) is 21.3 Å². The lowest BCUT2D eigenvalue weighted by Gasteiger charge is -2.12. The maximum absolute atomic E-state index is 10.3. The molecule has 0 amide bonds. The van der Waals surface area contributed by atoms with E-state index in [1.807, 2.05) is 29.6 Å². The summed E-state index contributed by atoms with van der Waals surface area (Å²) < 4.78 is 15.6. The Balaban J connectivity index is 2.12. The molecule has 2 rings (SSSR count). The average molecular weight is 294 g/mol. The smallest absolute Gasteiger partial charge is 0.160 e. The number of benzene rings is 1. The van der Waals surface area contributed by atoms with Crippen molar-refractivity contribution < 1.29 is 19.3 Å². The monoisotopic (exact) mass is 294 g/mol. The molecular weight excluding hydrogens is 276 g/mol. The number of aliphatic hydroxyl groups excluding tert-OH is 1. The lowest BCUT2D eigenvalue weighted by molar-refractivity contribution is 0.182. The highest BCUT2D eigenvalue weighted by atomic mass is 32.1. The summed E-state index contributed by atoms with van der Waals surface area (Å²) >= 11 is 1.49. The number of ether oxygens (including phenoxy) is 3. The van der Waals surface area contributed by atoms with Gasteiger partial charge in [-0.05, 0) is 23.8 Å². The molecule has 1 unspecified atom stereocenters. The molecule has 1 aromatic carbocycles. The van der Waals surface area contributed by atoms with Gasteiger partial charge in [-0.25, -0.2) is 0 Å². The predicted octanol–water partition coefficient (Wildman–Crippen LogP) is 3.05. The summed E-state index contributed by atoms with van der Waals surface area (Å²) in [5.74, 6) is 2.13. The Hall–Kier alpha value is -1.72. The highest BCUT2D eigenvalue weighted by Gasteiger charge is 2.13. The molecule has 0 spiro atoms. The first-order chi connectivity index (χ1) is 9.67. The van der Waals surface area contributed by atoms with Gasteiger partial charge in [0, 0.05) is 16.7 Å². The van der Waals surface area contributed by atoms with Crippen LogP contribution >= 0.6 is 11.3 Å². The first-order valence-electron chi connectivity index (χ1n) is 6.19. The Morgan fingerprint density at radius 2 is 1.80 bits per heavy atom. The molecule has 4 nitrogen and oxygen atoms in total. The zero-order chi connectivity index (χ0) is 14.5. The van der Waals surface area contributed by atoms with Crippen LogP contribution < -0.4 is 14.2 Å². The zero-order valence-electron chi connectivity index (χ0n) is 11.8. The van der Waals surface area contributed by atoms with E-state index in [2.05, 4.69) is 0 Å². The van der Waals surface area contributed by atoms with Crippen LogP contribution in [0.2, 0.25) is 0 Å². The molecule has 20 heavy (non-hydrogen) atoms. The second-order valence-corrected chi connectivity index (χ2v) is 5.24. The van der Waals surface area contributed by atoms with Crippen molar-refractivity contribution in [2.45, 2.75) is 12.5 Å². The molecule has 0 saturated heterocycles. The molecule has 1 N–H and O–H groups in total. The van der Waals surface area contributed by atoms with Gasteiger partial charge in [-0.1, -0.05) is 6.07 Å². The van der Waals surface area contributed by atoms with Gasteiger partial charge in [0.1, 0.15) is 5.75 Å². The van der Waals surface area contributed by atoms with Gasteiger partial charge in [0.2, 0.25) is 0 Å². The molecule has 0 radical (unpaired) electrons. The fraction of sp³-hybridized carbons (Fsp3) is 0.333. The van der Waals surface area contributed by atoms with Crippen LogP contribution in [-0.4, -0.2) is 26.4 Å². The SMILES string of the molecule is COc1csc(C(O)Cc2ccc(OC)c(OC)c2)c1. The fourth-order valence-corrected chi connectivity index (χ4v) is 2.79. The first kappa shape index (κ1) is 14.7. The van der Waals surface area contributed by atoms with Crippen LogP contribution in [0.4, 0.5) is 0 Å². The van der Waals surface area contributed by atoms with E-state index in [0.29, 0.717) is 17.9 Å². The van der Waals surface area contributed by atoms with Crippen LogP contribution in [-0.2, 0) is 6.42 Å². The molecular formula is C15H18O4S. The third kappa shape index (κ3) is 3.23. The van der Waals surface area contributed by atoms with Crippen LogP contribution in [0, 0.1) is 0 Å². The van der Waals surface area contributed by atoms with E-state index in [0.717, 1.165) is 16.2 Å². The molecule has 1 aromatic heterocycles. The van der Waals surface area contributed by atoms with Crippen molar-refractivity contribution >= 4 is 11.3 Å². The van der Waals surface area contributed by atoms with E-state index in [-0.39, 0.29) is 0 Å². The van der Waals surface area contributed by atoms with Crippen molar-refractivity contribution in [1.82, 2.24) is 0 Å². The second kappa shape index (κ2) is 6.63. The molecule has 5 heteroatoms. The third-order valence-corrected chi connectivity index (χ3v) is 4.05. The normalized spacial score (nSPS) is 12.0. The van der Waals surface area contributed by atoms with Gasteiger partial charge in [-0.2, -0.15) is 0 Å². The number of methoxy groups -OCH3 is 3. The Bertz CT molecular complexity index is 565. The molecule has 0 aliphatic rings. The third-order valence-electron chi connectivity index (χ3n) is 3.04. The average Bonchev–Trinajstić information content (AvgIpc) is 2.96. The van der Waals surface area contributed by atoms with Crippen molar-refractivity contribution in [3.05, 3.63) is 40.1 Å². The van der Waals surface area contributed by atoms with Gasteiger partial charge < -0.3 is 19.3 Å². The number of thiophene rings is 1. The molecule has 1 atom stereocenters. The Morgan fingerprint density at radius 3 is 2.40 bits per heavy atom. The van der Waals surface area contributed by atoms with Gasteiger partial charge in [-0.15, -0.1) is 11.3 Å². The van der Waals surface area contributed by atoms with Gasteiger partial charge in [0.15, 0.2) is 11.5 Å². The highest BCUT2D eigenvalue weighted by Crippen LogP contribution is 2.32. The molecule has 0 bridgehead atoms. The lowest BCUT2D eigenvalue weighted by Crippen LogP contribution is -2.00. The van der Waals surface area contributed by atoms with Crippen molar-refractivity contribution in [3.63, 3.8) is 0 Å². The largest absolute Gasteiger partial charge is 0.496 e. The van der Waals surface area contributed by atoms with Crippen LogP contribution in [0.5, 0.6) is 17.2 Å². The molecule has 0 saturated carbocycles. The standard InChI is InChI=1S/C15H18O4S/c1-17-11-8-15(20-9-11)12(16)6-10-4-5-13(18-2)14(7-10)19-3/h4-5,7-9,12,16H,6H2,1-3H3. The minimum absolute atomic E-state index is 0.518. The number of hydrogen-bond acceptors (Lipinski definition) is 5. The summed E-state index contributed by atoms with van der Waals surface area (Å²) in [5.41, 5.74) is 0.988. The minimum atomic E-state index is -0.554. The fourth-order valence-electron chi connectivity index (χ4n) is 1.95. The van der Waals surface area contributed by atoms with Gasteiger partial charge in [0.25, 0.3) is 0 Å². The quantitative estimate of drug-likeness (QED) is 0.889. The maximum atomic E-state index is 10.3. The highest BCUT2D eigenvalue weighted by molar-refractivity contribution is 7.10. The summed E-state index contributed by atoms with van der Waals surface area (Å²) in [7, 11) is 4.82. The number of aliphatic hydroxyl groups is 1. The molecule has 0 aliphatic heterocycles. The molecule has 0 fully saturated rings. The number of rotatable bonds is 6. The van der Waals surface area contributed by atoms with Crippen molar-refractivity contribution in [3.8, 4) is 17.2 Å². The van der Waals surface area contributed by atoms with E-state index in [1.165, 1.54) is 11.3 Å². The van der Waals surface area contributed by atoms with E-state index in [4.69, 9.17) is 14.2 Å². The maximum Gasteiger partial charge on any atom is 0.160 e. The summed E-state index contributed by atoms with van der Waals surface area (Å²) in [6.45, 7) is 0. The van der Waals surface area contributed by atoms with Gasteiger partial charge in [0.05, 0.1) is 27.4 Å². The summed E-state index contributed by atoms with van der Waals surface area (Å²) in [4.78, 5) is 0.886. The molecule has 1 heterocycles. The van der Waals surface area contributed by atoms with Crippen molar-refractivity contribution in [2.24, 2.45) is 0 Å². The molecule has 108 valence electrons.